The van der Waals surface area contributed by atoms with E-state index in [4.69, 9.17) is 5.11 Å². The second-order valence-corrected chi connectivity index (χ2v) is 6.42. The summed E-state index contributed by atoms with van der Waals surface area (Å²) >= 11 is 0. The standard InChI is InChI=1S/C15H20F3N3O2/c16-15(17,18)13-11-7-10(1-2-12(11)19-20-13)14(23)21-5-3-9(8-22)4-6-21/h9-10,22H,1-8H2,(H,19,20). The lowest BCUT2D eigenvalue weighted by atomic mass is 9.84. The van der Waals surface area contributed by atoms with Crippen molar-refractivity contribution in [1.29, 1.82) is 0 Å². The minimum Gasteiger partial charge on any atom is -0.396 e. The number of carbonyl (C=O) groups excluding carboxylic acids is 1. The summed E-state index contributed by atoms with van der Waals surface area (Å²) in [5.41, 5.74) is -0.239. The fourth-order valence-corrected chi connectivity index (χ4v) is 3.53. The van der Waals surface area contributed by atoms with Crippen LogP contribution in [-0.2, 0) is 23.8 Å². The fraction of sp³-hybridized carbons (Fsp3) is 0.733. The highest BCUT2D eigenvalue weighted by Gasteiger charge is 2.41. The van der Waals surface area contributed by atoms with E-state index >= 15 is 0 Å². The van der Waals surface area contributed by atoms with Crippen LogP contribution in [0.3, 0.4) is 0 Å². The lowest BCUT2D eigenvalue weighted by Gasteiger charge is -2.34. The Morgan fingerprint density at radius 3 is 2.61 bits per heavy atom. The quantitative estimate of drug-likeness (QED) is 0.868. The Morgan fingerprint density at radius 2 is 2.00 bits per heavy atom. The van der Waals surface area contributed by atoms with Crippen LogP contribution in [0.4, 0.5) is 13.2 Å². The number of nitrogens with zero attached hydrogens (tertiary/aromatic N) is 2. The van der Waals surface area contributed by atoms with Crippen LogP contribution in [0.1, 0.15) is 36.2 Å². The van der Waals surface area contributed by atoms with Crippen molar-refractivity contribution in [2.24, 2.45) is 11.8 Å². The molecule has 0 radical (unpaired) electrons. The third kappa shape index (κ3) is 3.22. The Labute approximate surface area is 131 Å². The maximum Gasteiger partial charge on any atom is 0.435 e. The van der Waals surface area contributed by atoms with Crippen molar-refractivity contribution in [1.82, 2.24) is 15.1 Å². The topological polar surface area (TPSA) is 69.2 Å². The molecule has 1 unspecified atom stereocenters. The molecule has 1 aliphatic heterocycles. The SMILES string of the molecule is O=C(C1CCc2[nH]nc(C(F)(F)F)c2C1)N1CCC(CO)CC1. The summed E-state index contributed by atoms with van der Waals surface area (Å²) in [6, 6.07) is 0. The fourth-order valence-electron chi connectivity index (χ4n) is 3.53. The summed E-state index contributed by atoms with van der Waals surface area (Å²) < 4.78 is 38.9. The van der Waals surface area contributed by atoms with Crippen molar-refractivity contribution >= 4 is 5.91 Å². The molecular formula is C15H20F3N3O2. The molecule has 0 saturated carbocycles. The molecule has 0 spiro atoms. The van der Waals surface area contributed by atoms with E-state index in [2.05, 4.69) is 10.2 Å². The normalized spacial score (nSPS) is 23.0. The monoisotopic (exact) mass is 331 g/mol. The van der Waals surface area contributed by atoms with E-state index < -0.39 is 17.8 Å². The number of likely N-dealkylation sites (tertiary alicyclic amines) is 1. The number of fused-ring (bicyclic) bond motifs is 1. The molecule has 2 heterocycles. The van der Waals surface area contributed by atoms with Gasteiger partial charge in [0, 0.05) is 36.9 Å². The van der Waals surface area contributed by atoms with Gasteiger partial charge in [0.2, 0.25) is 5.91 Å². The summed E-state index contributed by atoms with van der Waals surface area (Å²) in [4.78, 5) is 14.3. The number of carbonyl (C=O) groups is 1. The third-order valence-electron chi connectivity index (χ3n) is 4.95. The number of piperidine rings is 1. The van der Waals surface area contributed by atoms with Crippen molar-refractivity contribution in [2.75, 3.05) is 19.7 Å². The number of H-pyrrole nitrogens is 1. The zero-order valence-corrected chi connectivity index (χ0v) is 12.7. The molecule has 1 atom stereocenters. The van der Waals surface area contributed by atoms with Crippen molar-refractivity contribution in [2.45, 2.75) is 38.3 Å². The van der Waals surface area contributed by atoms with Gasteiger partial charge in [-0.1, -0.05) is 0 Å². The molecule has 2 aliphatic rings. The first-order valence-corrected chi connectivity index (χ1v) is 7.93. The molecular weight excluding hydrogens is 311 g/mol. The Kier molecular flexibility index (Phi) is 4.35. The second kappa shape index (κ2) is 6.14. The number of hydrogen-bond acceptors (Lipinski definition) is 3. The van der Waals surface area contributed by atoms with Gasteiger partial charge < -0.3 is 10.0 Å². The zero-order chi connectivity index (χ0) is 16.6. The van der Waals surface area contributed by atoms with Gasteiger partial charge in [-0.2, -0.15) is 18.3 Å². The van der Waals surface area contributed by atoms with Crippen LogP contribution in [0.2, 0.25) is 0 Å². The molecule has 1 aliphatic carbocycles. The van der Waals surface area contributed by atoms with E-state index in [0.717, 1.165) is 12.8 Å². The first-order chi connectivity index (χ1) is 10.9. The number of nitrogens with one attached hydrogen (secondary N) is 1. The van der Waals surface area contributed by atoms with E-state index in [0.29, 0.717) is 31.6 Å². The molecule has 1 aromatic rings. The number of aromatic amines is 1. The predicted octanol–water partition coefficient (Wildman–Crippen LogP) is 1.76. The Bertz CT molecular complexity index is 577. The van der Waals surface area contributed by atoms with Gasteiger partial charge in [0.05, 0.1) is 0 Å². The molecule has 1 saturated heterocycles. The first-order valence-electron chi connectivity index (χ1n) is 7.93. The number of hydrogen-bond donors (Lipinski definition) is 2. The van der Waals surface area contributed by atoms with Crippen LogP contribution in [0, 0.1) is 11.8 Å². The van der Waals surface area contributed by atoms with Crippen LogP contribution >= 0.6 is 0 Å². The van der Waals surface area contributed by atoms with Gasteiger partial charge in [0.25, 0.3) is 0 Å². The Hall–Kier alpha value is -1.57. The van der Waals surface area contributed by atoms with E-state index in [1.165, 1.54) is 0 Å². The first kappa shape index (κ1) is 16.3. The summed E-state index contributed by atoms with van der Waals surface area (Å²) in [7, 11) is 0. The number of aryl methyl sites for hydroxylation is 1. The summed E-state index contributed by atoms with van der Waals surface area (Å²) in [6.45, 7) is 1.27. The van der Waals surface area contributed by atoms with Gasteiger partial charge in [-0.15, -0.1) is 0 Å². The summed E-state index contributed by atoms with van der Waals surface area (Å²) in [5, 5.41) is 15.0. The maximum absolute atomic E-state index is 13.0. The molecule has 1 fully saturated rings. The van der Waals surface area contributed by atoms with E-state index in [1.807, 2.05) is 0 Å². The number of amides is 1. The molecule has 23 heavy (non-hydrogen) atoms. The van der Waals surface area contributed by atoms with Crippen molar-refractivity contribution in [3.05, 3.63) is 17.0 Å². The van der Waals surface area contributed by atoms with Gasteiger partial charge in [0.1, 0.15) is 0 Å². The molecule has 3 rings (SSSR count). The molecule has 0 bridgehead atoms. The maximum atomic E-state index is 13.0. The van der Waals surface area contributed by atoms with Crippen LogP contribution in [0.5, 0.6) is 0 Å². The Balaban J connectivity index is 1.69. The smallest absolute Gasteiger partial charge is 0.396 e. The van der Waals surface area contributed by atoms with Gasteiger partial charge in [-0.3, -0.25) is 9.89 Å². The number of aliphatic hydroxyl groups excluding tert-OH is 1. The highest BCUT2D eigenvalue weighted by Crippen LogP contribution is 2.36. The minimum atomic E-state index is -4.49. The molecule has 128 valence electrons. The van der Waals surface area contributed by atoms with Crippen LogP contribution < -0.4 is 0 Å². The lowest BCUT2D eigenvalue weighted by molar-refractivity contribution is -0.143. The van der Waals surface area contributed by atoms with Gasteiger partial charge >= 0.3 is 6.18 Å². The molecule has 8 heteroatoms. The van der Waals surface area contributed by atoms with Crippen LogP contribution in [-0.4, -0.2) is 45.8 Å². The molecule has 5 nitrogen and oxygen atoms in total. The van der Waals surface area contributed by atoms with Gasteiger partial charge in [-0.05, 0) is 38.0 Å². The van der Waals surface area contributed by atoms with E-state index in [-0.39, 0.29) is 30.4 Å². The van der Waals surface area contributed by atoms with Crippen LogP contribution in [0.25, 0.3) is 0 Å². The minimum absolute atomic E-state index is 0.0682. The number of alkyl halides is 3. The molecule has 2 N–H and O–H groups in total. The zero-order valence-electron chi connectivity index (χ0n) is 12.7. The van der Waals surface area contributed by atoms with Crippen molar-refractivity contribution in [3.63, 3.8) is 0 Å². The summed E-state index contributed by atoms with van der Waals surface area (Å²) in [6.07, 6.45) is -1.93. The number of halogens is 3. The van der Waals surface area contributed by atoms with Crippen LogP contribution in [0.15, 0.2) is 0 Å². The third-order valence-corrected chi connectivity index (χ3v) is 4.95. The number of aliphatic hydroxyl groups is 1. The molecule has 1 amide bonds. The van der Waals surface area contributed by atoms with E-state index in [9.17, 15) is 18.0 Å². The highest BCUT2D eigenvalue weighted by atomic mass is 19.4. The highest BCUT2D eigenvalue weighted by molar-refractivity contribution is 5.79. The van der Waals surface area contributed by atoms with Gasteiger partial charge in [-0.25, -0.2) is 0 Å². The lowest BCUT2D eigenvalue weighted by Crippen LogP contribution is -2.43. The van der Waals surface area contributed by atoms with Crippen molar-refractivity contribution < 1.29 is 23.1 Å². The Morgan fingerprint density at radius 1 is 1.30 bits per heavy atom. The van der Waals surface area contributed by atoms with Gasteiger partial charge in [0.15, 0.2) is 5.69 Å². The average Bonchev–Trinajstić information content (AvgIpc) is 2.97. The van der Waals surface area contributed by atoms with E-state index in [1.54, 1.807) is 4.90 Å². The second-order valence-electron chi connectivity index (χ2n) is 6.42. The molecule has 1 aromatic heterocycles. The van der Waals surface area contributed by atoms with Crippen molar-refractivity contribution in [3.8, 4) is 0 Å². The molecule has 0 aromatic carbocycles. The average molecular weight is 331 g/mol. The summed E-state index contributed by atoms with van der Waals surface area (Å²) in [5.74, 6) is -0.254. The largest absolute Gasteiger partial charge is 0.435 e. The predicted molar refractivity (Wildman–Crippen MR) is 75.5 cm³/mol. The number of rotatable bonds is 2. The number of aromatic nitrogens is 2.